The van der Waals surface area contributed by atoms with Crippen molar-refractivity contribution in [3.05, 3.63) is 53.2 Å². The molecule has 3 N–H and O–H groups in total. The maximum absolute atomic E-state index is 12.9. The molecule has 10 heteroatoms. The fourth-order valence-electron chi connectivity index (χ4n) is 4.65. The molecule has 1 fully saturated rings. The predicted molar refractivity (Wildman–Crippen MR) is 140 cm³/mol. The third-order valence-corrected chi connectivity index (χ3v) is 6.61. The summed E-state index contributed by atoms with van der Waals surface area (Å²) >= 11 is 0. The zero-order valence-corrected chi connectivity index (χ0v) is 22.0. The number of methoxy groups -OCH3 is 1. The maximum Gasteiger partial charge on any atom is 0.327 e. The molecule has 0 radical (unpaired) electrons. The Balaban J connectivity index is 1.82. The molecular formula is C28H33N3O7. The number of aromatic nitrogens is 1. The molecule has 3 aromatic rings. The molecule has 202 valence electrons. The molecule has 0 spiro atoms. The van der Waals surface area contributed by atoms with Gasteiger partial charge in [-0.2, -0.15) is 0 Å². The molecule has 2 aromatic carbocycles. The minimum absolute atomic E-state index is 0.0293. The van der Waals surface area contributed by atoms with Crippen molar-refractivity contribution in [1.29, 1.82) is 0 Å². The van der Waals surface area contributed by atoms with Crippen LogP contribution in [-0.4, -0.2) is 72.1 Å². The van der Waals surface area contributed by atoms with E-state index in [1.165, 1.54) is 13.2 Å². The van der Waals surface area contributed by atoms with Gasteiger partial charge in [0.05, 0.1) is 31.5 Å². The van der Waals surface area contributed by atoms with E-state index in [2.05, 4.69) is 10.5 Å². The fourth-order valence-corrected chi connectivity index (χ4v) is 4.65. The molecule has 1 unspecified atom stereocenters. The summed E-state index contributed by atoms with van der Waals surface area (Å²) < 4.78 is 16.2. The fraction of sp³-hybridized carbons (Fsp3) is 0.393. The van der Waals surface area contributed by atoms with Gasteiger partial charge in [0.1, 0.15) is 17.5 Å². The Kier molecular flexibility index (Phi) is 8.33. The number of benzene rings is 2. The summed E-state index contributed by atoms with van der Waals surface area (Å²) in [7, 11) is 1.36. The lowest BCUT2D eigenvalue weighted by molar-refractivity contribution is -0.149. The second kappa shape index (κ2) is 11.7. The van der Waals surface area contributed by atoms with E-state index in [0.29, 0.717) is 55.1 Å². The number of amides is 1. The van der Waals surface area contributed by atoms with Crippen molar-refractivity contribution in [3.63, 3.8) is 0 Å². The lowest BCUT2D eigenvalue weighted by atomic mass is 9.93. The number of nitrogens with zero attached hydrogens (tertiary/aromatic N) is 2. The van der Waals surface area contributed by atoms with E-state index in [0.717, 1.165) is 5.56 Å². The van der Waals surface area contributed by atoms with Gasteiger partial charge in [-0.05, 0) is 35.6 Å². The highest BCUT2D eigenvalue weighted by Crippen LogP contribution is 2.43. The molecule has 1 aliphatic rings. The summed E-state index contributed by atoms with van der Waals surface area (Å²) in [6, 6.07) is 9.48. The molecule has 1 aromatic heterocycles. The first-order valence-electron chi connectivity index (χ1n) is 12.6. The molecular weight excluding hydrogens is 490 g/mol. The lowest BCUT2D eigenvalue weighted by Gasteiger charge is -2.32. The Morgan fingerprint density at radius 1 is 1.11 bits per heavy atom. The van der Waals surface area contributed by atoms with Gasteiger partial charge in [-0.25, -0.2) is 4.79 Å². The van der Waals surface area contributed by atoms with Crippen LogP contribution in [0.2, 0.25) is 0 Å². The van der Waals surface area contributed by atoms with Crippen LogP contribution in [0.4, 0.5) is 0 Å². The molecule has 1 amide bonds. The Bertz CT molecular complexity index is 1290. The number of nitrogens with one attached hydrogen (secondary N) is 1. The topological polar surface area (TPSA) is 134 Å². The first-order valence-corrected chi connectivity index (χ1v) is 12.6. The number of hydrogen-bond acceptors (Lipinski definition) is 9. The molecule has 0 aliphatic carbocycles. The molecule has 1 atom stereocenters. The van der Waals surface area contributed by atoms with Gasteiger partial charge in [-0.15, -0.1) is 0 Å². The number of aromatic hydroxyl groups is 2. The van der Waals surface area contributed by atoms with Crippen LogP contribution in [0.15, 0.2) is 40.9 Å². The van der Waals surface area contributed by atoms with Crippen LogP contribution < -0.4 is 5.32 Å². The normalized spacial score (nSPS) is 14.9. The minimum atomic E-state index is -0.600. The lowest BCUT2D eigenvalue weighted by Crippen LogP contribution is -2.42. The smallest absolute Gasteiger partial charge is 0.327 e. The molecule has 1 aliphatic heterocycles. The van der Waals surface area contributed by atoms with Gasteiger partial charge in [-0.3, -0.25) is 9.69 Å². The molecule has 2 heterocycles. The SMILES string of the molecule is CCNC(=O)c1noc(-c2cc(C(C)C)c(O)cc2O)c1-c1ccc(C(C(=O)OC)N2CCOCC2)cc1. The molecule has 38 heavy (non-hydrogen) atoms. The summed E-state index contributed by atoms with van der Waals surface area (Å²) in [6.07, 6.45) is 0. The van der Waals surface area contributed by atoms with E-state index in [1.54, 1.807) is 37.3 Å². The average Bonchev–Trinajstić information content (AvgIpc) is 3.35. The molecule has 0 bridgehead atoms. The van der Waals surface area contributed by atoms with Crippen molar-refractivity contribution in [3.8, 4) is 33.9 Å². The number of phenols is 2. The molecule has 10 nitrogen and oxygen atoms in total. The van der Waals surface area contributed by atoms with Crippen molar-refractivity contribution < 1.29 is 33.8 Å². The van der Waals surface area contributed by atoms with E-state index in [1.807, 2.05) is 18.7 Å². The van der Waals surface area contributed by atoms with Crippen LogP contribution in [-0.2, 0) is 14.3 Å². The van der Waals surface area contributed by atoms with Gasteiger partial charge in [-0.1, -0.05) is 43.3 Å². The second-order valence-electron chi connectivity index (χ2n) is 9.37. The summed E-state index contributed by atoms with van der Waals surface area (Å²) in [5.74, 6) is -0.878. The number of phenolic OH excluding ortho intramolecular Hbond substituents is 2. The maximum atomic E-state index is 12.9. The van der Waals surface area contributed by atoms with Gasteiger partial charge >= 0.3 is 5.97 Å². The summed E-state index contributed by atoms with van der Waals surface area (Å²) in [5.41, 5.74) is 2.70. The van der Waals surface area contributed by atoms with Gasteiger partial charge < -0.3 is 29.5 Å². The van der Waals surface area contributed by atoms with Crippen molar-refractivity contribution in [2.45, 2.75) is 32.7 Å². The molecule has 1 saturated heterocycles. The minimum Gasteiger partial charge on any atom is -0.508 e. The summed E-state index contributed by atoms with van der Waals surface area (Å²) in [4.78, 5) is 27.6. The third-order valence-electron chi connectivity index (χ3n) is 6.61. The average molecular weight is 524 g/mol. The Morgan fingerprint density at radius 3 is 2.39 bits per heavy atom. The number of rotatable bonds is 8. The van der Waals surface area contributed by atoms with Gasteiger partial charge in [0, 0.05) is 25.7 Å². The van der Waals surface area contributed by atoms with E-state index in [9.17, 15) is 19.8 Å². The van der Waals surface area contributed by atoms with Crippen LogP contribution >= 0.6 is 0 Å². The number of esters is 1. The van der Waals surface area contributed by atoms with Crippen molar-refractivity contribution in [2.75, 3.05) is 40.0 Å². The third kappa shape index (κ3) is 5.36. The van der Waals surface area contributed by atoms with Gasteiger partial charge in [0.2, 0.25) is 0 Å². The van der Waals surface area contributed by atoms with E-state index in [-0.39, 0.29) is 34.8 Å². The van der Waals surface area contributed by atoms with E-state index >= 15 is 0 Å². The number of hydrogen-bond donors (Lipinski definition) is 3. The van der Waals surface area contributed by atoms with E-state index < -0.39 is 11.9 Å². The zero-order valence-electron chi connectivity index (χ0n) is 22.0. The van der Waals surface area contributed by atoms with Crippen LogP contribution in [0.25, 0.3) is 22.5 Å². The highest BCUT2D eigenvalue weighted by Gasteiger charge is 2.31. The second-order valence-corrected chi connectivity index (χ2v) is 9.37. The first kappa shape index (κ1) is 27.2. The van der Waals surface area contributed by atoms with Crippen LogP contribution in [0.3, 0.4) is 0 Å². The summed E-state index contributed by atoms with van der Waals surface area (Å²) in [6.45, 7) is 8.27. The summed E-state index contributed by atoms with van der Waals surface area (Å²) in [5, 5.41) is 27.8. The number of carbonyl (C=O) groups excluding carboxylic acids is 2. The Labute approximate surface area is 221 Å². The largest absolute Gasteiger partial charge is 0.508 e. The predicted octanol–water partition coefficient (Wildman–Crippen LogP) is 3.84. The Morgan fingerprint density at radius 2 is 1.79 bits per heavy atom. The molecule has 4 rings (SSSR count). The highest BCUT2D eigenvalue weighted by molar-refractivity contribution is 6.02. The number of carbonyl (C=O) groups is 2. The van der Waals surface area contributed by atoms with E-state index in [4.69, 9.17) is 14.0 Å². The van der Waals surface area contributed by atoms with Crippen LogP contribution in [0, 0.1) is 0 Å². The van der Waals surface area contributed by atoms with Gasteiger partial charge in [0.25, 0.3) is 5.91 Å². The quantitative estimate of drug-likeness (QED) is 0.377. The van der Waals surface area contributed by atoms with Crippen LogP contribution in [0.1, 0.15) is 54.3 Å². The highest BCUT2D eigenvalue weighted by atomic mass is 16.5. The Hall–Kier alpha value is -3.89. The van der Waals surface area contributed by atoms with Crippen molar-refractivity contribution in [1.82, 2.24) is 15.4 Å². The number of morpholine rings is 1. The zero-order chi connectivity index (χ0) is 27.4. The van der Waals surface area contributed by atoms with Gasteiger partial charge in [0.15, 0.2) is 11.5 Å². The van der Waals surface area contributed by atoms with Crippen molar-refractivity contribution >= 4 is 11.9 Å². The first-order chi connectivity index (χ1) is 18.3. The number of ether oxygens (including phenoxy) is 2. The van der Waals surface area contributed by atoms with Crippen molar-refractivity contribution in [2.24, 2.45) is 0 Å². The standard InChI is InChI=1S/C28H33N3O7/c1-5-29-27(34)24-23(26(38-30-24)20-14-19(16(2)3)21(32)15-22(20)33)17-6-8-18(9-7-17)25(28(35)36-4)31-10-12-37-13-11-31/h6-9,14-16,25,32-33H,5,10-13H2,1-4H3,(H,29,34). The van der Waals surface area contributed by atoms with Crippen LogP contribution in [0.5, 0.6) is 11.5 Å². The molecule has 0 saturated carbocycles. The monoisotopic (exact) mass is 523 g/mol.